The van der Waals surface area contributed by atoms with E-state index in [0.29, 0.717) is 17.4 Å². The fourth-order valence-electron chi connectivity index (χ4n) is 1.35. The molecule has 0 aliphatic rings. The van der Waals surface area contributed by atoms with Gasteiger partial charge in [-0.3, -0.25) is 4.79 Å². The van der Waals surface area contributed by atoms with E-state index in [1.165, 1.54) is 6.20 Å². The second-order valence-electron chi connectivity index (χ2n) is 4.18. The topological polar surface area (TPSA) is 66.9 Å². The number of hydrogen-bond donors (Lipinski definition) is 2. The quantitative estimate of drug-likeness (QED) is 0.816. The van der Waals surface area contributed by atoms with Gasteiger partial charge in [0.1, 0.15) is 11.5 Å². The van der Waals surface area contributed by atoms with Gasteiger partial charge in [0.2, 0.25) is 0 Å². The zero-order chi connectivity index (χ0) is 12.8. The molecule has 0 bridgehead atoms. The number of carbonyl (C=O) groups is 1. The highest BCUT2D eigenvalue weighted by molar-refractivity contribution is 5.92. The molecule has 1 rings (SSSR count). The highest BCUT2D eigenvalue weighted by Crippen LogP contribution is 2.07. The van der Waals surface area contributed by atoms with Gasteiger partial charge >= 0.3 is 0 Å². The third kappa shape index (κ3) is 3.69. The fourth-order valence-corrected chi connectivity index (χ4v) is 1.35. The van der Waals surface area contributed by atoms with Gasteiger partial charge in [0.15, 0.2) is 0 Å². The lowest BCUT2D eigenvalue weighted by Crippen LogP contribution is -2.37. The van der Waals surface area contributed by atoms with Crippen molar-refractivity contribution in [3.8, 4) is 0 Å². The van der Waals surface area contributed by atoms with Crippen molar-refractivity contribution < 1.29 is 4.79 Å². The first-order valence-corrected chi connectivity index (χ1v) is 5.89. The molecule has 1 aromatic heterocycles. The van der Waals surface area contributed by atoms with E-state index in [0.717, 1.165) is 6.42 Å². The van der Waals surface area contributed by atoms with Crippen molar-refractivity contribution in [1.82, 2.24) is 15.3 Å². The minimum Gasteiger partial charge on any atom is -0.372 e. The van der Waals surface area contributed by atoms with Gasteiger partial charge in [-0.1, -0.05) is 20.3 Å². The Morgan fingerprint density at radius 2 is 2.06 bits per heavy atom. The maximum atomic E-state index is 11.8. The molecule has 17 heavy (non-hydrogen) atoms. The Kier molecular flexibility index (Phi) is 4.87. The normalized spacial score (nSPS) is 13.9. The van der Waals surface area contributed by atoms with E-state index in [-0.39, 0.29) is 11.9 Å². The van der Waals surface area contributed by atoms with Crippen LogP contribution in [0.15, 0.2) is 12.4 Å². The Bertz CT molecular complexity index is 363. The number of carbonyl (C=O) groups excluding carboxylic acids is 1. The molecule has 2 unspecified atom stereocenters. The molecule has 0 fully saturated rings. The van der Waals surface area contributed by atoms with Crippen LogP contribution in [0.3, 0.4) is 0 Å². The molecule has 1 amide bonds. The number of anilines is 1. The predicted octanol–water partition coefficient (Wildman–Crippen LogP) is 1.68. The number of nitrogens with zero attached hydrogens (tertiary/aromatic N) is 2. The van der Waals surface area contributed by atoms with E-state index in [1.807, 2.05) is 6.92 Å². The van der Waals surface area contributed by atoms with Crippen LogP contribution >= 0.6 is 0 Å². The Labute approximate surface area is 102 Å². The van der Waals surface area contributed by atoms with Crippen molar-refractivity contribution in [2.75, 3.05) is 12.4 Å². The maximum absolute atomic E-state index is 11.8. The summed E-state index contributed by atoms with van der Waals surface area (Å²) in [7, 11) is 1.76. The summed E-state index contributed by atoms with van der Waals surface area (Å²) in [5.41, 5.74) is 0.346. The molecule has 0 saturated heterocycles. The van der Waals surface area contributed by atoms with Gasteiger partial charge in [0.05, 0.1) is 12.4 Å². The molecule has 0 spiro atoms. The molecule has 0 aliphatic heterocycles. The predicted molar refractivity (Wildman–Crippen MR) is 68.0 cm³/mol. The van der Waals surface area contributed by atoms with Crippen LogP contribution in [0.4, 0.5) is 5.82 Å². The van der Waals surface area contributed by atoms with Gasteiger partial charge in [-0.25, -0.2) is 9.97 Å². The van der Waals surface area contributed by atoms with Crippen molar-refractivity contribution in [3.63, 3.8) is 0 Å². The molecule has 0 radical (unpaired) electrons. The van der Waals surface area contributed by atoms with Crippen molar-refractivity contribution in [3.05, 3.63) is 18.1 Å². The summed E-state index contributed by atoms with van der Waals surface area (Å²) in [5.74, 6) is 0.924. The van der Waals surface area contributed by atoms with E-state index in [9.17, 15) is 4.79 Å². The van der Waals surface area contributed by atoms with Crippen LogP contribution in [0.1, 0.15) is 37.7 Å². The van der Waals surface area contributed by atoms with Crippen LogP contribution in [0.5, 0.6) is 0 Å². The van der Waals surface area contributed by atoms with Gasteiger partial charge in [-0.2, -0.15) is 0 Å². The SMILES string of the molecule is CCC(C)C(C)NC(=O)c1cnc(NC)cn1. The molecule has 2 N–H and O–H groups in total. The molecular weight excluding hydrogens is 216 g/mol. The zero-order valence-electron chi connectivity index (χ0n) is 10.8. The van der Waals surface area contributed by atoms with E-state index in [1.54, 1.807) is 13.2 Å². The van der Waals surface area contributed by atoms with E-state index in [4.69, 9.17) is 0 Å². The van der Waals surface area contributed by atoms with Gasteiger partial charge in [0.25, 0.3) is 5.91 Å². The van der Waals surface area contributed by atoms with Crippen LogP contribution in [-0.2, 0) is 0 Å². The first-order chi connectivity index (χ1) is 8.08. The van der Waals surface area contributed by atoms with Gasteiger partial charge in [-0.15, -0.1) is 0 Å². The minimum atomic E-state index is -0.173. The average Bonchev–Trinajstić information content (AvgIpc) is 2.37. The number of nitrogens with one attached hydrogen (secondary N) is 2. The number of aromatic nitrogens is 2. The Balaban J connectivity index is 2.63. The molecule has 0 aromatic carbocycles. The molecule has 1 aromatic rings. The highest BCUT2D eigenvalue weighted by Gasteiger charge is 2.15. The summed E-state index contributed by atoms with van der Waals surface area (Å²) in [4.78, 5) is 19.9. The Hall–Kier alpha value is -1.65. The number of amides is 1. The lowest BCUT2D eigenvalue weighted by atomic mass is 10.0. The molecule has 5 heteroatoms. The number of rotatable bonds is 5. The highest BCUT2D eigenvalue weighted by atomic mass is 16.1. The smallest absolute Gasteiger partial charge is 0.271 e. The first kappa shape index (κ1) is 13.4. The lowest BCUT2D eigenvalue weighted by Gasteiger charge is -2.19. The number of hydrogen-bond acceptors (Lipinski definition) is 4. The molecular formula is C12H20N4O. The van der Waals surface area contributed by atoms with Crippen LogP contribution in [-0.4, -0.2) is 29.0 Å². The summed E-state index contributed by atoms with van der Waals surface area (Å²) >= 11 is 0. The summed E-state index contributed by atoms with van der Waals surface area (Å²) < 4.78 is 0. The van der Waals surface area contributed by atoms with Gasteiger partial charge in [-0.05, 0) is 12.8 Å². The summed E-state index contributed by atoms with van der Waals surface area (Å²) in [5, 5.41) is 5.78. The monoisotopic (exact) mass is 236 g/mol. The van der Waals surface area contributed by atoms with E-state index < -0.39 is 0 Å². The van der Waals surface area contributed by atoms with Crippen LogP contribution in [0.2, 0.25) is 0 Å². The van der Waals surface area contributed by atoms with Crippen LogP contribution < -0.4 is 10.6 Å². The molecule has 0 aliphatic carbocycles. The van der Waals surface area contributed by atoms with Crippen LogP contribution in [0, 0.1) is 5.92 Å². The molecule has 0 saturated carbocycles. The molecule has 5 nitrogen and oxygen atoms in total. The van der Waals surface area contributed by atoms with Gasteiger partial charge in [0, 0.05) is 13.1 Å². The second-order valence-corrected chi connectivity index (χ2v) is 4.18. The van der Waals surface area contributed by atoms with E-state index in [2.05, 4.69) is 34.4 Å². The maximum Gasteiger partial charge on any atom is 0.271 e. The Morgan fingerprint density at radius 1 is 1.35 bits per heavy atom. The third-order valence-electron chi connectivity index (χ3n) is 3.00. The van der Waals surface area contributed by atoms with Crippen molar-refractivity contribution in [2.45, 2.75) is 33.2 Å². The molecule has 2 atom stereocenters. The fraction of sp³-hybridized carbons (Fsp3) is 0.583. The van der Waals surface area contributed by atoms with E-state index >= 15 is 0 Å². The first-order valence-electron chi connectivity index (χ1n) is 5.89. The summed E-state index contributed by atoms with van der Waals surface area (Å²) in [6, 6.07) is 0.137. The standard InChI is InChI=1S/C12H20N4O/c1-5-8(2)9(3)16-12(17)10-6-15-11(13-4)7-14-10/h6-9H,5H2,1-4H3,(H,13,15)(H,16,17). The molecule has 1 heterocycles. The second kappa shape index (κ2) is 6.18. The third-order valence-corrected chi connectivity index (χ3v) is 3.00. The summed E-state index contributed by atoms with van der Waals surface area (Å²) in [6.45, 7) is 6.22. The minimum absolute atomic E-state index is 0.137. The van der Waals surface area contributed by atoms with Crippen molar-refractivity contribution in [2.24, 2.45) is 5.92 Å². The van der Waals surface area contributed by atoms with Crippen LogP contribution in [0.25, 0.3) is 0 Å². The van der Waals surface area contributed by atoms with Crippen molar-refractivity contribution >= 4 is 11.7 Å². The largest absolute Gasteiger partial charge is 0.372 e. The molecule has 94 valence electrons. The lowest BCUT2D eigenvalue weighted by molar-refractivity contribution is 0.0922. The Morgan fingerprint density at radius 3 is 2.53 bits per heavy atom. The van der Waals surface area contributed by atoms with Crippen molar-refractivity contribution in [1.29, 1.82) is 0 Å². The van der Waals surface area contributed by atoms with Gasteiger partial charge < -0.3 is 10.6 Å². The average molecular weight is 236 g/mol. The summed E-state index contributed by atoms with van der Waals surface area (Å²) in [6.07, 6.45) is 4.05. The zero-order valence-corrected chi connectivity index (χ0v) is 10.8.